The summed E-state index contributed by atoms with van der Waals surface area (Å²) in [5, 5.41) is 2.52. The molecule has 18 heavy (non-hydrogen) atoms. The van der Waals surface area contributed by atoms with E-state index >= 15 is 0 Å². The van der Waals surface area contributed by atoms with Gasteiger partial charge in [-0.25, -0.2) is 4.79 Å². The fraction of sp³-hybridized carbons (Fsp3) is 0.846. The molecule has 2 unspecified atom stereocenters. The number of ether oxygens (including phenoxy) is 1. The molecular weight excluding hydrogens is 250 g/mol. The Hall–Kier alpha value is -0.710. The summed E-state index contributed by atoms with van der Waals surface area (Å²) in [7, 11) is 0. The van der Waals surface area contributed by atoms with Gasteiger partial charge in [0.15, 0.2) is 0 Å². The number of hydrogen-bond donors (Lipinski definition) is 2. The maximum atomic E-state index is 11.7. The first-order valence-electron chi connectivity index (χ1n) is 6.59. The van der Waals surface area contributed by atoms with Crippen LogP contribution in [0.4, 0.5) is 0 Å². The van der Waals surface area contributed by atoms with Crippen LogP contribution in [0.5, 0.6) is 0 Å². The molecule has 0 saturated carbocycles. The van der Waals surface area contributed by atoms with Gasteiger partial charge in [0.05, 0.1) is 6.10 Å². The molecule has 0 aromatic rings. The molecule has 0 aliphatic rings. The van der Waals surface area contributed by atoms with Crippen molar-refractivity contribution in [3.8, 4) is 0 Å². The molecule has 0 aliphatic carbocycles. The van der Waals surface area contributed by atoms with Crippen molar-refractivity contribution in [2.45, 2.75) is 65.0 Å². The van der Waals surface area contributed by atoms with Crippen LogP contribution in [0.15, 0.2) is 0 Å². The maximum absolute atomic E-state index is 11.7. The normalized spacial score (nSPS) is 13.8. The number of nitrogens with one attached hydrogen (secondary N) is 1. The van der Waals surface area contributed by atoms with E-state index in [1.807, 2.05) is 6.92 Å². The Morgan fingerprint density at radius 3 is 2.44 bits per heavy atom. The third-order valence-corrected chi connectivity index (χ3v) is 2.99. The average molecular weight is 275 g/mol. The predicted molar refractivity (Wildman–Crippen MR) is 75.8 cm³/mol. The van der Waals surface area contributed by atoms with Gasteiger partial charge in [0, 0.05) is 12.7 Å². The second kappa shape index (κ2) is 10.2. The highest BCUT2D eigenvalue weighted by atomic mass is 32.1. The quantitative estimate of drug-likeness (QED) is 0.386. The molecule has 0 radical (unpaired) electrons. The van der Waals surface area contributed by atoms with Gasteiger partial charge in [-0.2, -0.15) is 12.6 Å². The van der Waals surface area contributed by atoms with E-state index in [1.54, 1.807) is 0 Å². The lowest BCUT2D eigenvalue weighted by atomic mass is 10.1. The second-order valence-corrected chi connectivity index (χ2v) is 4.90. The largest absolute Gasteiger partial charge is 0.461 e. The number of carbonyl (C=O) groups is 2. The van der Waals surface area contributed by atoms with Gasteiger partial charge in [-0.05, 0) is 19.8 Å². The standard InChI is InChI=1S/C13H25NO3S/c1-4-5-6-7-8-10(2)17-13(16)12(9-18)14-11(3)15/h10,12,18H,4-9H2,1-3H3,(H,14,15). The van der Waals surface area contributed by atoms with Crippen LogP contribution in [0.1, 0.15) is 52.9 Å². The summed E-state index contributed by atoms with van der Waals surface area (Å²) in [6.07, 6.45) is 5.40. The molecule has 0 aromatic heterocycles. The van der Waals surface area contributed by atoms with E-state index in [9.17, 15) is 9.59 Å². The van der Waals surface area contributed by atoms with Crippen LogP contribution in [-0.2, 0) is 14.3 Å². The first-order chi connectivity index (χ1) is 8.51. The average Bonchev–Trinajstić information content (AvgIpc) is 2.31. The molecule has 0 saturated heterocycles. The van der Waals surface area contributed by atoms with Gasteiger partial charge in [0.2, 0.25) is 5.91 Å². The molecule has 1 N–H and O–H groups in total. The summed E-state index contributed by atoms with van der Waals surface area (Å²) < 4.78 is 5.28. The van der Waals surface area contributed by atoms with E-state index < -0.39 is 12.0 Å². The van der Waals surface area contributed by atoms with Crippen molar-refractivity contribution in [1.82, 2.24) is 5.32 Å². The van der Waals surface area contributed by atoms with Crippen LogP contribution < -0.4 is 5.32 Å². The minimum Gasteiger partial charge on any atom is -0.461 e. The first-order valence-corrected chi connectivity index (χ1v) is 7.23. The van der Waals surface area contributed by atoms with Crippen LogP contribution in [0.2, 0.25) is 0 Å². The molecule has 106 valence electrons. The zero-order valence-electron chi connectivity index (χ0n) is 11.6. The van der Waals surface area contributed by atoms with Crippen LogP contribution in [0.3, 0.4) is 0 Å². The smallest absolute Gasteiger partial charge is 0.329 e. The summed E-state index contributed by atoms with van der Waals surface area (Å²) >= 11 is 4.03. The molecule has 4 nitrogen and oxygen atoms in total. The zero-order valence-corrected chi connectivity index (χ0v) is 12.5. The highest BCUT2D eigenvalue weighted by Crippen LogP contribution is 2.09. The number of thiol groups is 1. The summed E-state index contributed by atoms with van der Waals surface area (Å²) in [5.41, 5.74) is 0. The molecule has 0 bridgehead atoms. The first kappa shape index (κ1) is 17.3. The van der Waals surface area contributed by atoms with Gasteiger partial charge in [0.1, 0.15) is 6.04 Å². The molecule has 0 heterocycles. The van der Waals surface area contributed by atoms with Crippen LogP contribution in [0.25, 0.3) is 0 Å². The van der Waals surface area contributed by atoms with Gasteiger partial charge in [-0.1, -0.05) is 26.2 Å². The summed E-state index contributed by atoms with van der Waals surface area (Å²) in [6, 6.07) is -0.649. The molecule has 0 spiro atoms. The number of unbranched alkanes of at least 4 members (excludes halogenated alkanes) is 3. The Morgan fingerprint density at radius 1 is 1.28 bits per heavy atom. The minimum absolute atomic E-state index is 0.106. The topological polar surface area (TPSA) is 55.4 Å². The van der Waals surface area contributed by atoms with Gasteiger partial charge in [0.25, 0.3) is 0 Å². The van der Waals surface area contributed by atoms with Gasteiger partial charge in [-0.15, -0.1) is 0 Å². The lowest BCUT2D eigenvalue weighted by Crippen LogP contribution is -2.43. The predicted octanol–water partition coefficient (Wildman–Crippen LogP) is 2.32. The Labute approximate surface area is 115 Å². The monoisotopic (exact) mass is 275 g/mol. The van der Waals surface area contributed by atoms with E-state index in [0.717, 1.165) is 12.8 Å². The fourth-order valence-electron chi connectivity index (χ4n) is 1.62. The number of rotatable bonds is 9. The molecule has 1 amide bonds. The Morgan fingerprint density at radius 2 is 1.94 bits per heavy atom. The number of amides is 1. The van der Waals surface area contributed by atoms with E-state index in [4.69, 9.17) is 4.74 Å². The Kier molecular flexibility index (Phi) is 9.83. The third-order valence-electron chi connectivity index (χ3n) is 2.63. The van der Waals surface area contributed by atoms with Crippen molar-refractivity contribution < 1.29 is 14.3 Å². The summed E-state index contributed by atoms with van der Waals surface area (Å²) in [6.45, 7) is 5.42. The van der Waals surface area contributed by atoms with Gasteiger partial charge >= 0.3 is 5.97 Å². The summed E-state index contributed by atoms with van der Waals surface area (Å²) in [5.74, 6) is -0.397. The fourth-order valence-corrected chi connectivity index (χ4v) is 1.86. The second-order valence-electron chi connectivity index (χ2n) is 4.53. The van der Waals surface area contributed by atoms with E-state index in [0.29, 0.717) is 0 Å². The highest BCUT2D eigenvalue weighted by Gasteiger charge is 2.21. The van der Waals surface area contributed by atoms with Crippen molar-refractivity contribution in [1.29, 1.82) is 0 Å². The molecule has 0 aliphatic heterocycles. The van der Waals surface area contributed by atoms with Crippen LogP contribution in [-0.4, -0.2) is 29.8 Å². The summed E-state index contributed by atoms with van der Waals surface area (Å²) in [4.78, 5) is 22.6. The minimum atomic E-state index is -0.649. The van der Waals surface area contributed by atoms with Gasteiger partial charge in [-0.3, -0.25) is 4.79 Å². The van der Waals surface area contributed by atoms with Gasteiger partial charge < -0.3 is 10.1 Å². The van der Waals surface area contributed by atoms with E-state index in [1.165, 1.54) is 26.2 Å². The van der Waals surface area contributed by atoms with Crippen LogP contribution in [0, 0.1) is 0 Å². The molecule has 5 heteroatoms. The lowest BCUT2D eigenvalue weighted by Gasteiger charge is -2.18. The maximum Gasteiger partial charge on any atom is 0.329 e. The van der Waals surface area contributed by atoms with E-state index in [-0.39, 0.29) is 17.8 Å². The molecule has 2 atom stereocenters. The van der Waals surface area contributed by atoms with Crippen molar-refractivity contribution >= 4 is 24.5 Å². The molecular formula is C13H25NO3S. The van der Waals surface area contributed by atoms with E-state index in [2.05, 4.69) is 24.9 Å². The SMILES string of the molecule is CCCCCCC(C)OC(=O)C(CS)NC(C)=O. The van der Waals surface area contributed by atoms with Crippen molar-refractivity contribution in [2.24, 2.45) is 0 Å². The number of carbonyl (C=O) groups excluding carboxylic acids is 2. The third kappa shape index (κ3) is 8.39. The molecule has 0 aromatic carbocycles. The van der Waals surface area contributed by atoms with Crippen LogP contribution >= 0.6 is 12.6 Å². The molecule has 0 rings (SSSR count). The Bertz CT molecular complexity index is 259. The molecule has 0 fully saturated rings. The lowest BCUT2D eigenvalue weighted by molar-refractivity contribution is -0.151. The number of esters is 1. The Balaban J connectivity index is 3.92. The van der Waals surface area contributed by atoms with Crippen molar-refractivity contribution in [3.05, 3.63) is 0 Å². The van der Waals surface area contributed by atoms with Crippen molar-refractivity contribution in [2.75, 3.05) is 5.75 Å². The highest BCUT2D eigenvalue weighted by molar-refractivity contribution is 7.80. The number of hydrogen-bond acceptors (Lipinski definition) is 4. The van der Waals surface area contributed by atoms with Crippen molar-refractivity contribution in [3.63, 3.8) is 0 Å². The zero-order chi connectivity index (χ0) is 14.0.